The molecule has 0 aromatic heterocycles. The van der Waals surface area contributed by atoms with Gasteiger partial charge in [0.2, 0.25) is 10.0 Å². The van der Waals surface area contributed by atoms with Crippen LogP contribution in [0.4, 0.5) is 13.2 Å². The van der Waals surface area contributed by atoms with E-state index in [1.807, 2.05) is 0 Å². The molecule has 0 radical (unpaired) electrons. The van der Waals surface area contributed by atoms with Gasteiger partial charge in [0.25, 0.3) is 5.91 Å². The van der Waals surface area contributed by atoms with E-state index in [4.69, 9.17) is 4.74 Å². The lowest BCUT2D eigenvalue weighted by Gasteiger charge is -2.34. The largest absolute Gasteiger partial charge is 0.406 e. The molecule has 6 nitrogen and oxygen atoms in total. The third-order valence-corrected chi connectivity index (χ3v) is 6.53. The number of morpholine rings is 1. The number of amides is 1. The van der Waals surface area contributed by atoms with Crippen LogP contribution >= 0.6 is 0 Å². The first-order valence-electron chi connectivity index (χ1n) is 9.11. The monoisotopic (exact) mass is 420 g/mol. The second kappa shape index (κ2) is 7.64. The summed E-state index contributed by atoms with van der Waals surface area (Å²) in [6, 6.07) is 4.79. The molecule has 1 amide bonds. The molecule has 0 N–H and O–H groups in total. The zero-order valence-corrected chi connectivity index (χ0v) is 16.5. The zero-order valence-electron chi connectivity index (χ0n) is 15.6. The second-order valence-corrected chi connectivity index (χ2v) is 9.32. The lowest BCUT2D eigenvalue weighted by atomic mass is 10.2. The molecule has 28 heavy (non-hydrogen) atoms. The van der Waals surface area contributed by atoms with E-state index in [-0.39, 0.29) is 35.8 Å². The summed E-state index contributed by atoms with van der Waals surface area (Å²) in [6.07, 6.45) is -4.03. The van der Waals surface area contributed by atoms with Crippen LogP contribution in [0.2, 0.25) is 0 Å². The number of hydrogen-bond acceptors (Lipinski definition) is 4. The summed E-state index contributed by atoms with van der Waals surface area (Å²) in [5, 5.41) is 0. The number of carbonyl (C=O) groups is 1. The zero-order chi connectivity index (χ0) is 20.7. The maximum Gasteiger partial charge on any atom is 0.406 e. The SMILES string of the molecule is C[C@@H]1CN(S(=O)(=O)c2cccc(C(=O)N(CC(F)(F)F)C3CC3)c2)C[C@H](C)O1. The molecule has 1 aromatic rings. The Kier molecular flexibility index (Phi) is 5.75. The van der Waals surface area contributed by atoms with Crippen molar-refractivity contribution < 1.29 is 31.1 Å². The topological polar surface area (TPSA) is 66.9 Å². The van der Waals surface area contributed by atoms with Gasteiger partial charge in [-0.3, -0.25) is 4.79 Å². The van der Waals surface area contributed by atoms with E-state index in [2.05, 4.69) is 0 Å². The molecule has 1 aliphatic heterocycles. The van der Waals surface area contributed by atoms with E-state index < -0.39 is 34.7 Å². The van der Waals surface area contributed by atoms with Crippen molar-refractivity contribution >= 4 is 15.9 Å². The van der Waals surface area contributed by atoms with Crippen LogP contribution in [0.25, 0.3) is 0 Å². The minimum atomic E-state index is -4.51. The highest BCUT2D eigenvalue weighted by atomic mass is 32.2. The van der Waals surface area contributed by atoms with E-state index in [0.717, 1.165) is 11.0 Å². The number of carbonyl (C=O) groups excluding carboxylic acids is 1. The van der Waals surface area contributed by atoms with Crippen molar-refractivity contribution in [2.24, 2.45) is 0 Å². The van der Waals surface area contributed by atoms with Crippen LogP contribution in [0.3, 0.4) is 0 Å². The highest BCUT2D eigenvalue weighted by molar-refractivity contribution is 7.89. The van der Waals surface area contributed by atoms with E-state index in [1.54, 1.807) is 13.8 Å². The third-order valence-electron chi connectivity index (χ3n) is 4.70. The maximum atomic E-state index is 13.0. The van der Waals surface area contributed by atoms with Gasteiger partial charge >= 0.3 is 6.18 Å². The minimum Gasteiger partial charge on any atom is -0.373 e. The standard InChI is InChI=1S/C18H23F3N2O4S/c1-12-9-22(10-13(2)27-12)28(25,26)16-5-3-4-14(8-16)17(24)23(15-6-7-15)11-18(19,20)21/h3-5,8,12-13,15H,6-7,9-11H2,1-2H3/t12-,13+. The summed E-state index contributed by atoms with van der Waals surface area (Å²) < 4.78 is 71.3. The molecule has 2 fully saturated rings. The first-order valence-corrected chi connectivity index (χ1v) is 10.5. The summed E-state index contributed by atoms with van der Waals surface area (Å²) in [4.78, 5) is 13.3. The Labute approximate surface area is 162 Å². The fourth-order valence-corrected chi connectivity index (χ4v) is 5.01. The summed E-state index contributed by atoms with van der Waals surface area (Å²) >= 11 is 0. The molecule has 1 aromatic carbocycles. The Morgan fingerprint density at radius 2 is 1.82 bits per heavy atom. The molecule has 1 saturated carbocycles. The predicted octanol–water partition coefficient (Wildman–Crippen LogP) is 2.65. The number of alkyl halides is 3. The molecule has 156 valence electrons. The minimum absolute atomic E-state index is 0.0634. The van der Waals surface area contributed by atoms with Gasteiger partial charge < -0.3 is 9.64 Å². The first kappa shape index (κ1) is 21.1. The number of halogens is 3. The van der Waals surface area contributed by atoms with Crippen LogP contribution in [-0.4, -0.2) is 67.6 Å². The molecule has 1 aliphatic carbocycles. The Morgan fingerprint density at radius 3 is 2.36 bits per heavy atom. The Bertz CT molecular complexity index is 829. The average molecular weight is 420 g/mol. The molecule has 0 unspecified atom stereocenters. The highest BCUT2D eigenvalue weighted by Gasteiger charge is 2.41. The third kappa shape index (κ3) is 4.84. The number of ether oxygens (including phenoxy) is 1. The lowest BCUT2D eigenvalue weighted by molar-refractivity contribution is -0.141. The summed E-state index contributed by atoms with van der Waals surface area (Å²) in [5.41, 5.74) is -0.0634. The van der Waals surface area contributed by atoms with Crippen LogP contribution in [0, 0.1) is 0 Å². The van der Waals surface area contributed by atoms with Crippen molar-refractivity contribution in [3.63, 3.8) is 0 Å². The van der Waals surface area contributed by atoms with Crippen molar-refractivity contribution in [2.75, 3.05) is 19.6 Å². The van der Waals surface area contributed by atoms with E-state index in [1.165, 1.54) is 22.5 Å². The van der Waals surface area contributed by atoms with Gasteiger partial charge in [-0.2, -0.15) is 17.5 Å². The Hall–Kier alpha value is -1.65. The highest BCUT2D eigenvalue weighted by Crippen LogP contribution is 2.32. The molecule has 2 aliphatic rings. The number of nitrogens with zero attached hydrogens (tertiary/aromatic N) is 2. The molecular formula is C18H23F3N2O4S. The van der Waals surface area contributed by atoms with Gasteiger partial charge in [0.15, 0.2) is 0 Å². The van der Waals surface area contributed by atoms with Gasteiger partial charge in [0.1, 0.15) is 6.54 Å². The van der Waals surface area contributed by atoms with Gasteiger partial charge in [-0.05, 0) is 44.9 Å². The van der Waals surface area contributed by atoms with E-state index in [9.17, 15) is 26.4 Å². The molecule has 2 atom stereocenters. The molecule has 3 rings (SSSR count). The lowest BCUT2D eigenvalue weighted by Crippen LogP contribution is -2.48. The van der Waals surface area contributed by atoms with Crippen molar-refractivity contribution in [1.82, 2.24) is 9.21 Å². The number of hydrogen-bond donors (Lipinski definition) is 0. The van der Waals surface area contributed by atoms with Crippen LogP contribution < -0.4 is 0 Å². The first-order chi connectivity index (χ1) is 13.0. The average Bonchev–Trinajstić information content (AvgIpc) is 3.42. The molecule has 0 bridgehead atoms. The van der Waals surface area contributed by atoms with Crippen molar-refractivity contribution in [2.45, 2.75) is 56.0 Å². The number of benzene rings is 1. The predicted molar refractivity (Wildman–Crippen MR) is 95.3 cm³/mol. The van der Waals surface area contributed by atoms with Crippen LogP contribution in [0.5, 0.6) is 0 Å². The van der Waals surface area contributed by atoms with E-state index >= 15 is 0 Å². The molecule has 1 saturated heterocycles. The quantitative estimate of drug-likeness (QED) is 0.735. The van der Waals surface area contributed by atoms with Gasteiger partial charge in [-0.1, -0.05) is 6.07 Å². The van der Waals surface area contributed by atoms with Crippen molar-refractivity contribution in [1.29, 1.82) is 0 Å². The van der Waals surface area contributed by atoms with Crippen molar-refractivity contribution in [3.05, 3.63) is 29.8 Å². The van der Waals surface area contributed by atoms with Gasteiger partial charge in [0, 0.05) is 24.7 Å². The Morgan fingerprint density at radius 1 is 1.21 bits per heavy atom. The molecule has 1 heterocycles. The van der Waals surface area contributed by atoms with E-state index in [0.29, 0.717) is 12.8 Å². The van der Waals surface area contributed by atoms with Gasteiger partial charge in [-0.15, -0.1) is 0 Å². The van der Waals surface area contributed by atoms with Crippen LogP contribution in [0.1, 0.15) is 37.0 Å². The second-order valence-electron chi connectivity index (χ2n) is 7.39. The fraction of sp³-hybridized carbons (Fsp3) is 0.611. The van der Waals surface area contributed by atoms with Gasteiger partial charge in [0.05, 0.1) is 17.1 Å². The molecule has 10 heteroatoms. The van der Waals surface area contributed by atoms with Gasteiger partial charge in [-0.25, -0.2) is 8.42 Å². The molecule has 0 spiro atoms. The van der Waals surface area contributed by atoms with Crippen molar-refractivity contribution in [3.8, 4) is 0 Å². The van der Waals surface area contributed by atoms with Crippen LogP contribution in [-0.2, 0) is 14.8 Å². The number of rotatable bonds is 5. The summed E-state index contributed by atoms with van der Waals surface area (Å²) in [5.74, 6) is -0.805. The van der Waals surface area contributed by atoms with Crippen LogP contribution in [0.15, 0.2) is 29.2 Å². The molecular weight excluding hydrogens is 397 g/mol. The Balaban J connectivity index is 1.86. The summed E-state index contributed by atoms with van der Waals surface area (Å²) in [6.45, 7) is 2.54. The normalized spacial score (nSPS) is 24.2. The maximum absolute atomic E-state index is 13.0. The summed E-state index contributed by atoms with van der Waals surface area (Å²) in [7, 11) is -3.89. The smallest absolute Gasteiger partial charge is 0.373 e. The fourth-order valence-electron chi connectivity index (χ4n) is 3.38. The number of sulfonamides is 1.